The Hall–Kier alpha value is -1.05. The van der Waals surface area contributed by atoms with Crippen molar-refractivity contribution in [3.8, 4) is 0 Å². The van der Waals surface area contributed by atoms with Gasteiger partial charge in [-0.25, -0.2) is 0 Å². The van der Waals surface area contributed by atoms with Gasteiger partial charge in [0.1, 0.15) is 0 Å². The van der Waals surface area contributed by atoms with Crippen LogP contribution >= 0.6 is 0 Å². The second kappa shape index (κ2) is 3.37. The zero-order valence-corrected chi connectivity index (χ0v) is 6.42. The molecule has 1 aliphatic rings. The van der Waals surface area contributed by atoms with Crippen LogP contribution in [0.15, 0.2) is 24.5 Å². The highest BCUT2D eigenvalue weighted by Crippen LogP contribution is 2.23. The summed E-state index contributed by atoms with van der Waals surface area (Å²) in [6.45, 7) is 3.58. The van der Waals surface area contributed by atoms with Gasteiger partial charge in [-0.3, -0.25) is 4.79 Å². The topological polar surface area (TPSA) is 37.3 Å². The van der Waals surface area contributed by atoms with Crippen molar-refractivity contribution in [1.82, 2.24) is 0 Å². The van der Waals surface area contributed by atoms with Gasteiger partial charge in [0, 0.05) is 18.4 Å². The number of ketones is 1. The molecule has 2 heteroatoms. The van der Waals surface area contributed by atoms with Crippen LogP contribution in [0.25, 0.3) is 0 Å². The fraction of sp³-hybridized carbons (Fsp3) is 0.444. The molecule has 2 nitrogen and oxygen atoms in total. The maximum absolute atomic E-state index is 10.8. The van der Waals surface area contributed by atoms with E-state index in [0.717, 1.165) is 12.8 Å². The van der Waals surface area contributed by atoms with Crippen LogP contribution in [-0.2, 0) is 4.79 Å². The summed E-state index contributed by atoms with van der Waals surface area (Å²) in [6, 6.07) is 0. The van der Waals surface area contributed by atoms with Crippen LogP contribution in [0, 0.1) is 5.92 Å². The average molecular weight is 152 g/mol. The number of rotatable bonds is 2. The van der Waals surface area contributed by atoms with Gasteiger partial charge in [-0.05, 0) is 12.8 Å². The van der Waals surface area contributed by atoms with E-state index in [4.69, 9.17) is 0 Å². The van der Waals surface area contributed by atoms with Crippen molar-refractivity contribution < 1.29 is 9.90 Å². The first-order valence-corrected chi connectivity index (χ1v) is 3.78. The molecule has 0 radical (unpaired) electrons. The third kappa shape index (κ3) is 1.93. The van der Waals surface area contributed by atoms with E-state index in [1.807, 2.05) is 0 Å². The normalized spacial score (nSPS) is 24.5. The van der Waals surface area contributed by atoms with Crippen molar-refractivity contribution in [2.24, 2.45) is 5.92 Å². The van der Waals surface area contributed by atoms with E-state index in [9.17, 15) is 9.90 Å². The number of carbonyl (C=O) groups excluding carboxylic acids is 1. The first kappa shape index (κ1) is 8.05. The quantitative estimate of drug-likeness (QED) is 0.614. The molecule has 11 heavy (non-hydrogen) atoms. The highest BCUT2D eigenvalue weighted by molar-refractivity contribution is 5.90. The van der Waals surface area contributed by atoms with Crippen molar-refractivity contribution in [3.63, 3.8) is 0 Å². The highest BCUT2D eigenvalue weighted by atomic mass is 16.3. The number of hydrogen-bond acceptors (Lipinski definition) is 2. The number of allylic oxidation sites excluding steroid dienone is 3. The average Bonchev–Trinajstić information content (AvgIpc) is 1.95. The van der Waals surface area contributed by atoms with Crippen LogP contribution in [0.2, 0.25) is 0 Å². The van der Waals surface area contributed by atoms with Crippen LogP contribution < -0.4 is 0 Å². The second-order valence-corrected chi connectivity index (χ2v) is 2.80. The minimum Gasteiger partial charge on any atom is -0.512 e. The Labute approximate surface area is 66.2 Å². The first-order chi connectivity index (χ1) is 5.24. The minimum absolute atomic E-state index is 0.0304. The van der Waals surface area contributed by atoms with Crippen molar-refractivity contribution in [1.29, 1.82) is 0 Å². The van der Waals surface area contributed by atoms with Crippen LogP contribution in [-0.4, -0.2) is 10.9 Å². The van der Waals surface area contributed by atoms with E-state index in [0.29, 0.717) is 6.42 Å². The first-order valence-electron chi connectivity index (χ1n) is 3.78. The molecule has 1 rings (SSSR count). The monoisotopic (exact) mass is 152 g/mol. The van der Waals surface area contributed by atoms with E-state index in [-0.39, 0.29) is 17.5 Å². The zero-order valence-electron chi connectivity index (χ0n) is 6.42. The van der Waals surface area contributed by atoms with Gasteiger partial charge in [0.05, 0.1) is 5.76 Å². The molecule has 0 bridgehead atoms. The summed E-state index contributed by atoms with van der Waals surface area (Å²) >= 11 is 0. The molecule has 0 aromatic heterocycles. The maximum atomic E-state index is 10.8. The van der Waals surface area contributed by atoms with E-state index in [2.05, 4.69) is 6.58 Å². The lowest BCUT2D eigenvalue weighted by molar-refractivity contribution is -0.115. The Balaban J connectivity index is 2.63. The molecule has 1 atom stereocenters. The molecular formula is C9H12O2. The molecule has 1 N–H and O–H groups in total. The van der Waals surface area contributed by atoms with Gasteiger partial charge < -0.3 is 5.11 Å². The van der Waals surface area contributed by atoms with Gasteiger partial charge in [0.25, 0.3) is 0 Å². The second-order valence-electron chi connectivity index (χ2n) is 2.80. The lowest BCUT2D eigenvalue weighted by Crippen LogP contribution is -2.13. The smallest absolute Gasteiger partial charge is 0.159 e. The summed E-state index contributed by atoms with van der Waals surface area (Å²) in [5.41, 5.74) is 0. The maximum Gasteiger partial charge on any atom is 0.159 e. The minimum atomic E-state index is 0.0304. The lowest BCUT2D eigenvalue weighted by Gasteiger charge is -2.17. The van der Waals surface area contributed by atoms with Crippen molar-refractivity contribution in [3.05, 3.63) is 24.5 Å². The highest BCUT2D eigenvalue weighted by Gasteiger charge is 2.19. The summed E-state index contributed by atoms with van der Waals surface area (Å²) in [6.07, 6.45) is 5.17. The van der Waals surface area contributed by atoms with E-state index < -0.39 is 0 Å². The molecule has 0 amide bonds. The van der Waals surface area contributed by atoms with E-state index >= 15 is 0 Å². The lowest BCUT2D eigenvalue weighted by atomic mass is 9.91. The van der Waals surface area contributed by atoms with Crippen molar-refractivity contribution in [2.45, 2.75) is 19.3 Å². The van der Waals surface area contributed by atoms with E-state index in [1.54, 1.807) is 6.08 Å². The molecule has 0 saturated heterocycles. The fourth-order valence-electron chi connectivity index (χ4n) is 1.26. The summed E-state index contributed by atoms with van der Waals surface area (Å²) in [4.78, 5) is 10.8. The summed E-state index contributed by atoms with van der Waals surface area (Å²) < 4.78 is 0. The molecule has 60 valence electrons. The molecule has 0 saturated carbocycles. The zero-order chi connectivity index (χ0) is 8.27. The van der Waals surface area contributed by atoms with Gasteiger partial charge in [0.2, 0.25) is 0 Å². The molecule has 1 aliphatic carbocycles. The van der Waals surface area contributed by atoms with Crippen molar-refractivity contribution in [2.75, 3.05) is 0 Å². The molecule has 0 aromatic carbocycles. The SMILES string of the molecule is C=CCC1CCC(=O)C=C1O. The number of aliphatic hydroxyl groups is 1. The third-order valence-electron chi connectivity index (χ3n) is 1.92. The van der Waals surface area contributed by atoms with Gasteiger partial charge >= 0.3 is 0 Å². The molecule has 0 aliphatic heterocycles. The molecule has 0 heterocycles. The van der Waals surface area contributed by atoms with Crippen LogP contribution in [0.1, 0.15) is 19.3 Å². The predicted octanol–water partition coefficient (Wildman–Crippen LogP) is 1.98. The fourth-order valence-corrected chi connectivity index (χ4v) is 1.26. The summed E-state index contributed by atoms with van der Waals surface area (Å²) in [5, 5.41) is 9.26. The van der Waals surface area contributed by atoms with Crippen LogP contribution in [0.4, 0.5) is 0 Å². The molecule has 0 fully saturated rings. The molecule has 1 unspecified atom stereocenters. The summed E-state index contributed by atoms with van der Waals surface area (Å²) in [7, 11) is 0. The molecular weight excluding hydrogens is 140 g/mol. The van der Waals surface area contributed by atoms with Crippen LogP contribution in [0.3, 0.4) is 0 Å². The Morgan fingerprint density at radius 1 is 1.82 bits per heavy atom. The van der Waals surface area contributed by atoms with Gasteiger partial charge in [-0.1, -0.05) is 6.08 Å². The Bertz CT molecular complexity index is 204. The number of carbonyl (C=O) groups is 1. The van der Waals surface area contributed by atoms with Gasteiger partial charge in [0.15, 0.2) is 5.78 Å². The number of hydrogen-bond donors (Lipinski definition) is 1. The van der Waals surface area contributed by atoms with Gasteiger partial charge in [-0.2, -0.15) is 0 Å². The summed E-state index contributed by atoms with van der Waals surface area (Å²) in [5.74, 6) is 0.383. The number of aliphatic hydroxyl groups excluding tert-OH is 1. The Morgan fingerprint density at radius 2 is 2.55 bits per heavy atom. The largest absolute Gasteiger partial charge is 0.512 e. The van der Waals surface area contributed by atoms with E-state index in [1.165, 1.54) is 6.08 Å². The Morgan fingerprint density at radius 3 is 3.09 bits per heavy atom. The Kier molecular flexibility index (Phi) is 2.47. The third-order valence-corrected chi connectivity index (χ3v) is 1.92. The molecule has 0 spiro atoms. The van der Waals surface area contributed by atoms with Crippen LogP contribution in [0.5, 0.6) is 0 Å². The van der Waals surface area contributed by atoms with Gasteiger partial charge in [-0.15, -0.1) is 6.58 Å². The van der Waals surface area contributed by atoms with Crippen molar-refractivity contribution >= 4 is 5.78 Å². The predicted molar refractivity (Wildman–Crippen MR) is 43.3 cm³/mol. The molecule has 0 aromatic rings. The standard InChI is InChI=1S/C9H12O2/c1-2-3-7-4-5-8(10)6-9(7)11/h2,6-7,11H,1,3-5H2.